The van der Waals surface area contributed by atoms with E-state index in [1.54, 1.807) is 4.90 Å². The molecular weight excluding hydrogens is 244 g/mol. The van der Waals surface area contributed by atoms with E-state index in [2.05, 4.69) is 5.16 Å². The zero-order chi connectivity index (χ0) is 14.8. The third-order valence-electron chi connectivity index (χ3n) is 2.97. The maximum absolute atomic E-state index is 12.5. The van der Waals surface area contributed by atoms with E-state index < -0.39 is 5.92 Å². The Kier molecular flexibility index (Phi) is 8.95. The van der Waals surface area contributed by atoms with Crippen LogP contribution in [0, 0.1) is 5.92 Å². The van der Waals surface area contributed by atoms with Crippen molar-refractivity contribution < 1.29 is 10.0 Å². The number of nitrogens with two attached hydrogens (primary N) is 1. The molecule has 1 amide bonds. The topological polar surface area (TPSA) is 82.2 Å². The second-order valence-electron chi connectivity index (χ2n) is 4.99. The van der Waals surface area contributed by atoms with Crippen LogP contribution in [0.2, 0.25) is 0 Å². The SMILES string of the molecule is CCCC(C(=O)N(CCC)CCN(C)C)C(N)=NO. The van der Waals surface area contributed by atoms with Crippen molar-refractivity contribution in [2.24, 2.45) is 16.8 Å². The molecule has 0 aliphatic carbocycles. The average molecular weight is 272 g/mol. The number of hydrogen-bond donors (Lipinski definition) is 2. The number of oxime groups is 1. The fourth-order valence-electron chi connectivity index (χ4n) is 1.90. The maximum atomic E-state index is 12.5. The molecule has 0 fully saturated rings. The number of carbonyl (C=O) groups excluding carboxylic acids is 1. The van der Waals surface area contributed by atoms with Gasteiger partial charge in [-0.25, -0.2) is 0 Å². The van der Waals surface area contributed by atoms with Crippen LogP contribution in [0.25, 0.3) is 0 Å². The largest absolute Gasteiger partial charge is 0.409 e. The molecule has 0 rings (SSSR count). The lowest BCUT2D eigenvalue weighted by molar-refractivity contribution is -0.133. The highest BCUT2D eigenvalue weighted by molar-refractivity contribution is 6.02. The smallest absolute Gasteiger partial charge is 0.233 e. The number of nitrogens with zero attached hydrogens (tertiary/aromatic N) is 3. The molecular formula is C13H28N4O2. The minimum Gasteiger partial charge on any atom is -0.409 e. The second kappa shape index (κ2) is 9.61. The zero-order valence-electron chi connectivity index (χ0n) is 12.6. The van der Waals surface area contributed by atoms with E-state index in [9.17, 15) is 4.79 Å². The van der Waals surface area contributed by atoms with Crippen molar-refractivity contribution in [1.82, 2.24) is 9.80 Å². The quantitative estimate of drug-likeness (QED) is 0.283. The first-order chi connectivity index (χ1) is 8.97. The monoisotopic (exact) mass is 272 g/mol. The summed E-state index contributed by atoms with van der Waals surface area (Å²) in [6.45, 7) is 6.19. The van der Waals surface area contributed by atoms with Crippen molar-refractivity contribution in [2.75, 3.05) is 33.7 Å². The van der Waals surface area contributed by atoms with Crippen LogP contribution in [0.4, 0.5) is 0 Å². The molecule has 6 nitrogen and oxygen atoms in total. The number of likely N-dealkylation sites (N-methyl/N-ethyl adjacent to an activating group) is 1. The molecule has 0 saturated heterocycles. The van der Waals surface area contributed by atoms with Crippen molar-refractivity contribution in [1.29, 1.82) is 0 Å². The number of amides is 1. The molecule has 0 bridgehead atoms. The Labute approximate surface area is 116 Å². The van der Waals surface area contributed by atoms with Crippen molar-refractivity contribution in [3.05, 3.63) is 0 Å². The Hall–Kier alpha value is -1.30. The van der Waals surface area contributed by atoms with Gasteiger partial charge in [0.2, 0.25) is 5.91 Å². The third-order valence-corrected chi connectivity index (χ3v) is 2.97. The molecule has 0 aliphatic heterocycles. The molecule has 0 aromatic rings. The molecule has 1 unspecified atom stereocenters. The van der Waals surface area contributed by atoms with Gasteiger partial charge in [-0.3, -0.25) is 4.79 Å². The summed E-state index contributed by atoms with van der Waals surface area (Å²) in [5, 5.41) is 11.8. The van der Waals surface area contributed by atoms with Gasteiger partial charge in [0.25, 0.3) is 0 Å². The van der Waals surface area contributed by atoms with Crippen molar-refractivity contribution >= 4 is 11.7 Å². The van der Waals surface area contributed by atoms with Gasteiger partial charge in [-0.05, 0) is 26.9 Å². The molecule has 0 aromatic heterocycles. The summed E-state index contributed by atoms with van der Waals surface area (Å²) < 4.78 is 0. The minimum absolute atomic E-state index is 0.0119. The van der Waals surface area contributed by atoms with Gasteiger partial charge in [0.05, 0.1) is 5.92 Å². The lowest BCUT2D eigenvalue weighted by Crippen LogP contribution is -2.44. The highest BCUT2D eigenvalue weighted by Crippen LogP contribution is 2.12. The summed E-state index contributed by atoms with van der Waals surface area (Å²) in [5.74, 6) is -0.539. The summed E-state index contributed by atoms with van der Waals surface area (Å²) in [4.78, 5) is 16.3. The molecule has 0 spiro atoms. The number of carbonyl (C=O) groups is 1. The normalized spacial score (nSPS) is 13.6. The highest BCUT2D eigenvalue weighted by Gasteiger charge is 2.26. The van der Waals surface area contributed by atoms with Crippen LogP contribution in [0.1, 0.15) is 33.1 Å². The van der Waals surface area contributed by atoms with Crippen molar-refractivity contribution in [2.45, 2.75) is 33.1 Å². The van der Waals surface area contributed by atoms with E-state index in [1.165, 1.54) is 0 Å². The number of rotatable bonds is 9. The van der Waals surface area contributed by atoms with Crippen molar-refractivity contribution in [3.63, 3.8) is 0 Å². The average Bonchev–Trinajstić information content (AvgIpc) is 2.39. The first-order valence-electron chi connectivity index (χ1n) is 6.88. The summed E-state index contributed by atoms with van der Waals surface area (Å²) >= 11 is 0. The van der Waals surface area contributed by atoms with Gasteiger partial charge >= 0.3 is 0 Å². The summed E-state index contributed by atoms with van der Waals surface area (Å²) in [7, 11) is 3.95. The van der Waals surface area contributed by atoms with Gasteiger partial charge < -0.3 is 20.7 Å². The van der Waals surface area contributed by atoms with Crippen LogP contribution in [-0.4, -0.2) is 60.5 Å². The van der Waals surface area contributed by atoms with Gasteiger partial charge in [0, 0.05) is 19.6 Å². The van der Waals surface area contributed by atoms with E-state index >= 15 is 0 Å². The van der Waals surface area contributed by atoms with E-state index in [-0.39, 0.29) is 11.7 Å². The van der Waals surface area contributed by atoms with Crippen LogP contribution in [0.15, 0.2) is 5.16 Å². The van der Waals surface area contributed by atoms with Crippen LogP contribution in [0.5, 0.6) is 0 Å². The van der Waals surface area contributed by atoms with Gasteiger partial charge in [0.1, 0.15) is 0 Å². The first-order valence-corrected chi connectivity index (χ1v) is 6.88. The summed E-state index contributed by atoms with van der Waals surface area (Å²) in [5.41, 5.74) is 5.64. The van der Waals surface area contributed by atoms with Crippen LogP contribution in [0.3, 0.4) is 0 Å². The molecule has 19 heavy (non-hydrogen) atoms. The Bertz CT molecular complexity index is 292. The van der Waals surface area contributed by atoms with E-state index in [4.69, 9.17) is 10.9 Å². The van der Waals surface area contributed by atoms with Gasteiger partial charge in [0.15, 0.2) is 5.84 Å². The van der Waals surface area contributed by atoms with E-state index in [0.717, 1.165) is 19.4 Å². The van der Waals surface area contributed by atoms with Crippen molar-refractivity contribution in [3.8, 4) is 0 Å². The third kappa shape index (κ3) is 6.42. The molecule has 1 atom stereocenters. The summed E-state index contributed by atoms with van der Waals surface area (Å²) in [6.07, 6.45) is 2.32. The molecule has 6 heteroatoms. The first kappa shape index (κ1) is 17.7. The van der Waals surface area contributed by atoms with Crippen LogP contribution < -0.4 is 5.73 Å². The fraction of sp³-hybridized carbons (Fsp3) is 0.846. The Balaban J connectivity index is 4.81. The van der Waals surface area contributed by atoms with Gasteiger partial charge in [-0.15, -0.1) is 0 Å². The number of amidine groups is 1. The van der Waals surface area contributed by atoms with Gasteiger partial charge in [-0.1, -0.05) is 25.4 Å². The fourth-order valence-corrected chi connectivity index (χ4v) is 1.90. The Morgan fingerprint density at radius 1 is 1.21 bits per heavy atom. The lowest BCUT2D eigenvalue weighted by atomic mass is 10.0. The predicted molar refractivity (Wildman–Crippen MR) is 77.2 cm³/mol. The maximum Gasteiger partial charge on any atom is 0.233 e. The van der Waals surface area contributed by atoms with Crippen LogP contribution in [-0.2, 0) is 4.79 Å². The second-order valence-corrected chi connectivity index (χ2v) is 4.99. The molecule has 3 N–H and O–H groups in total. The summed E-state index contributed by atoms with van der Waals surface area (Å²) in [6, 6.07) is 0. The van der Waals surface area contributed by atoms with Crippen LogP contribution >= 0.6 is 0 Å². The molecule has 0 aliphatic rings. The molecule has 0 aromatic carbocycles. The lowest BCUT2D eigenvalue weighted by Gasteiger charge is -2.27. The minimum atomic E-state index is -0.510. The Morgan fingerprint density at radius 2 is 1.84 bits per heavy atom. The molecule has 0 heterocycles. The van der Waals surface area contributed by atoms with E-state index in [0.29, 0.717) is 19.5 Å². The molecule has 112 valence electrons. The standard InChI is InChI=1S/C13H28N4O2/c1-5-7-11(12(14)15-19)13(18)17(8-6-2)10-9-16(3)4/h11,19H,5-10H2,1-4H3,(H2,14,15). The van der Waals surface area contributed by atoms with Gasteiger partial charge in [-0.2, -0.15) is 0 Å². The highest BCUT2D eigenvalue weighted by atomic mass is 16.4. The zero-order valence-corrected chi connectivity index (χ0v) is 12.6. The Morgan fingerprint density at radius 3 is 2.26 bits per heavy atom. The predicted octanol–water partition coefficient (Wildman–Crippen LogP) is 0.949. The molecule has 0 saturated carbocycles. The molecule has 0 radical (unpaired) electrons. The number of hydrogen-bond acceptors (Lipinski definition) is 4. The van der Waals surface area contributed by atoms with E-state index in [1.807, 2.05) is 32.8 Å².